The van der Waals surface area contributed by atoms with E-state index in [0.717, 1.165) is 32.3 Å². The molecule has 0 radical (unpaired) electrons. The van der Waals surface area contributed by atoms with Crippen LogP contribution in [0, 0.1) is 6.92 Å². The maximum atomic E-state index is 6.34. The second kappa shape index (κ2) is 4.92. The molecule has 0 saturated carbocycles. The minimum Gasteiger partial charge on any atom is -0.226 e. The number of aromatic nitrogens is 4. The van der Waals surface area contributed by atoms with Crippen LogP contribution in [-0.2, 0) is 0 Å². The zero-order chi connectivity index (χ0) is 13.6. The number of pyridine rings is 1. The van der Waals surface area contributed by atoms with Crippen LogP contribution in [0.3, 0.4) is 0 Å². The molecule has 0 aromatic carbocycles. The predicted molar refractivity (Wildman–Crippen MR) is 82.1 cm³/mol. The summed E-state index contributed by atoms with van der Waals surface area (Å²) in [7, 11) is 0. The fourth-order valence-electron chi connectivity index (χ4n) is 2.01. The normalized spacial score (nSPS) is 11.6. The molecule has 0 unspecified atom stereocenters. The molecule has 0 aliphatic rings. The Balaban J connectivity index is 2.49. The van der Waals surface area contributed by atoms with Gasteiger partial charge in [0.15, 0.2) is 5.16 Å². The van der Waals surface area contributed by atoms with Crippen molar-refractivity contribution in [3.63, 3.8) is 0 Å². The lowest BCUT2D eigenvalue weighted by atomic mass is 10.2. The molecular formula is C12H10BrClN4S. The summed E-state index contributed by atoms with van der Waals surface area (Å²) in [4.78, 5) is 8.96. The number of halogens is 2. The second-order valence-corrected chi connectivity index (χ2v) is 6.34. The number of hydrogen-bond acceptors (Lipinski definition) is 4. The average molecular weight is 358 g/mol. The van der Waals surface area contributed by atoms with E-state index < -0.39 is 0 Å². The molecular weight excluding hydrogens is 348 g/mol. The van der Waals surface area contributed by atoms with Crippen LogP contribution in [0.15, 0.2) is 22.0 Å². The summed E-state index contributed by atoms with van der Waals surface area (Å²) in [5, 5.41) is 6.31. The Bertz CT molecular complexity index is 786. The highest BCUT2D eigenvalue weighted by molar-refractivity contribution is 9.10. The molecule has 0 spiro atoms. The SMILES string of the molecule is CCSc1nc(Cl)c2c(n1)c(C)c(Br)n1nccc21. The fourth-order valence-corrected chi connectivity index (χ4v) is 3.37. The van der Waals surface area contributed by atoms with E-state index in [1.54, 1.807) is 22.5 Å². The van der Waals surface area contributed by atoms with Crippen molar-refractivity contribution in [3.05, 3.63) is 27.6 Å². The lowest BCUT2D eigenvalue weighted by molar-refractivity contribution is 0.921. The summed E-state index contributed by atoms with van der Waals surface area (Å²) in [5.41, 5.74) is 2.79. The van der Waals surface area contributed by atoms with Crippen LogP contribution in [0.5, 0.6) is 0 Å². The van der Waals surface area contributed by atoms with Crippen molar-refractivity contribution in [2.45, 2.75) is 19.0 Å². The van der Waals surface area contributed by atoms with E-state index in [1.165, 1.54) is 0 Å². The van der Waals surface area contributed by atoms with E-state index in [1.807, 2.05) is 13.0 Å². The topological polar surface area (TPSA) is 43.1 Å². The number of thioether (sulfide) groups is 1. The second-order valence-electron chi connectivity index (χ2n) is 4.00. The van der Waals surface area contributed by atoms with Gasteiger partial charge in [-0.25, -0.2) is 14.5 Å². The fraction of sp³-hybridized carbons (Fsp3) is 0.250. The van der Waals surface area contributed by atoms with Crippen molar-refractivity contribution >= 4 is 55.7 Å². The van der Waals surface area contributed by atoms with E-state index in [2.05, 4.69) is 37.9 Å². The maximum Gasteiger partial charge on any atom is 0.189 e. The Kier molecular flexibility index (Phi) is 3.41. The number of fused-ring (bicyclic) bond motifs is 3. The third kappa shape index (κ3) is 2.02. The Hall–Kier alpha value is -0.850. The van der Waals surface area contributed by atoms with Gasteiger partial charge in [0.05, 0.1) is 22.6 Å². The summed E-state index contributed by atoms with van der Waals surface area (Å²) in [6.07, 6.45) is 1.74. The molecule has 4 nitrogen and oxygen atoms in total. The van der Waals surface area contributed by atoms with Crippen LogP contribution in [0.1, 0.15) is 12.5 Å². The van der Waals surface area contributed by atoms with Crippen molar-refractivity contribution in [3.8, 4) is 0 Å². The number of hydrogen-bond donors (Lipinski definition) is 0. The van der Waals surface area contributed by atoms with E-state index >= 15 is 0 Å². The molecule has 3 heterocycles. The summed E-state index contributed by atoms with van der Waals surface area (Å²) < 4.78 is 2.70. The monoisotopic (exact) mass is 356 g/mol. The summed E-state index contributed by atoms with van der Waals surface area (Å²) in [5.74, 6) is 0.914. The molecule has 3 aromatic rings. The van der Waals surface area contributed by atoms with Gasteiger partial charge in [-0.15, -0.1) is 0 Å². The molecule has 3 aromatic heterocycles. The molecule has 0 aliphatic heterocycles. The molecule has 7 heteroatoms. The average Bonchev–Trinajstić information content (AvgIpc) is 2.85. The Morgan fingerprint density at radius 3 is 2.95 bits per heavy atom. The third-order valence-corrected chi connectivity index (χ3v) is 4.80. The highest BCUT2D eigenvalue weighted by atomic mass is 79.9. The van der Waals surface area contributed by atoms with Crippen molar-refractivity contribution in [1.82, 2.24) is 19.6 Å². The van der Waals surface area contributed by atoms with Crippen LogP contribution in [0.4, 0.5) is 0 Å². The van der Waals surface area contributed by atoms with Crippen LogP contribution in [0.2, 0.25) is 5.15 Å². The number of nitrogens with zero attached hydrogens (tertiary/aromatic N) is 4. The van der Waals surface area contributed by atoms with Gasteiger partial charge in [-0.3, -0.25) is 0 Å². The van der Waals surface area contributed by atoms with Gasteiger partial charge in [0.25, 0.3) is 0 Å². The first-order valence-electron chi connectivity index (χ1n) is 5.75. The zero-order valence-electron chi connectivity index (χ0n) is 10.3. The standard InChI is InChI=1S/C12H10BrClN4S/c1-3-19-12-16-9-6(2)10(13)18-7(4-5-15-18)8(9)11(14)17-12/h4-5H,3H2,1-2H3. The quantitative estimate of drug-likeness (QED) is 0.299. The smallest absolute Gasteiger partial charge is 0.189 e. The summed E-state index contributed by atoms with van der Waals surface area (Å²) >= 11 is 11.5. The van der Waals surface area contributed by atoms with Gasteiger partial charge in [-0.05, 0) is 34.7 Å². The molecule has 3 rings (SSSR count). The molecule has 0 saturated heterocycles. The van der Waals surface area contributed by atoms with Crippen LogP contribution in [-0.4, -0.2) is 25.3 Å². The Morgan fingerprint density at radius 1 is 1.42 bits per heavy atom. The molecule has 19 heavy (non-hydrogen) atoms. The highest BCUT2D eigenvalue weighted by Gasteiger charge is 2.16. The first-order valence-corrected chi connectivity index (χ1v) is 7.91. The predicted octanol–water partition coefficient (Wildman–Crippen LogP) is 4.11. The molecule has 98 valence electrons. The van der Waals surface area contributed by atoms with Gasteiger partial charge < -0.3 is 0 Å². The summed E-state index contributed by atoms with van der Waals surface area (Å²) in [6.45, 7) is 4.06. The van der Waals surface area contributed by atoms with Crippen LogP contribution < -0.4 is 0 Å². The summed E-state index contributed by atoms with van der Waals surface area (Å²) in [6, 6.07) is 1.91. The van der Waals surface area contributed by atoms with E-state index in [-0.39, 0.29) is 0 Å². The van der Waals surface area contributed by atoms with Crippen LogP contribution >= 0.6 is 39.3 Å². The lowest BCUT2D eigenvalue weighted by Crippen LogP contribution is -1.99. The number of rotatable bonds is 2. The Morgan fingerprint density at radius 2 is 2.21 bits per heavy atom. The van der Waals surface area contributed by atoms with Crippen molar-refractivity contribution in [1.29, 1.82) is 0 Å². The molecule has 0 aliphatic carbocycles. The van der Waals surface area contributed by atoms with Crippen molar-refractivity contribution in [2.75, 3.05) is 5.75 Å². The Labute approximate surface area is 127 Å². The zero-order valence-corrected chi connectivity index (χ0v) is 13.5. The molecule has 0 fully saturated rings. The largest absolute Gasteiger partial charge is 0.226 e. The highest BCUT2D eigenvalue weighted by Crippen LogP contribution is 2.33. The van der Waals surface area contributed by atoms with E-state index in [9.17, 15) is 0 Å². The minimum atomic E-state index is 0.474. The van der Waals surface area contributed by atoms with Gasteiger partial charge >= 0.3 is 0 Å². The molecule has 0 atom stereocenters. The van der Waals surface area contributed by atoms with E-state index in [4.69, 9.17) is 11.6 Å². The van der Waals surface area contributed by atoms with Gasteiger partial charge in [-0.2, -0.15) is 5.10 Å². The molecule has 0 N–H and O–H groups in total. The lowest BCUT2D eigenvalue weighted by Gasteiger charge is -2.10. The van der Waals surface area contributed by atoms with Gasteiger partial charge in [0.2, 0.25) is 0 Å². The third-order valence-electron chi connectivity index (χ3n) is 2.87. The first kappa shape index (κ1) is 13.1. The molecule has 0 bridgehead atoms. The maximum absolute atomic E-state index is 6.34. The van der Waals surface area contributed by atoms with Gasteiger partial charge in [0, 0.05) is 5.56 Å². The van der Waals surface area contributed by atoms with Crippen LogP contribution in [0.25, 0.3) is 16.4 Å². The van der Waals surface area contributed by atoms with Gasteiger partial charge in [-0.1, -0.05) is 30.3 Å². The first-order chi connectivity index (χ1) is 9.13. The minimum absolute atomic E-state index is 0.474. The van der Waals surface area contributed by atoms with Gasteiger partial charge in [0.1, 0.15) is 9.76 Å². The van der Waals surface area contributed by atoms with E-state index in [0.29, 0.717) is 10.3 Å². The number of aryl methyl sites for hydroxylation is 1. The molecule has 0 amide bonds. The van der Waals surface area contributed by atoms with Crippen molar-refractivity contribution < 1.29 is 0 Å². The van der Waals surface area contributed by atoms with Crippen molar-refractivity contribution in [2.24, 2.45) is 0 Å².